The molecule has 1 aliphatic carbocycles. The number of allylic oxidation sites excluding steroid dienone is 4. The minimum atomic E-state index is -5.12. The van der Waals surface area contributed by atoms with Crippen LogP contribution in [0.3, 0.4) is 0 Å². The van der Waals surface area contributed by atoms with E-state index in [1.807, 2.05) is 0 Å². The number of ether oxygens (including phenoxy) is 2. The minimum absolute atomic E-state index is 0.0836. The molecule has 66 heavy (non-hydrogen) atoms. The summed E-state index contributed by atoms with van der Waals surface area (Å²) in [6.45, 7) is 3.30. The van der Waals surface area contributed by atoms with E-state index in [0.29, 0.717) is 12.8 Å². The first-order valence-corrected chi connectivity index (χ1v) is 28.1. The Hall–Kier alpha value is -1.67. The largest absolute Gasteiger partial charge is 0.472 e. The van der Waals surface area contributed by atoms with Gasteiger partial charge in [0.05, 0.1) is 6.61 Å². The lowest BCUT2D eigenvalue weighted by atomic mass is 9.85. The van der Waals surface area contributed by atoms with Gasteiger partial charge in [-0.25, -0.2) is 4.57 Å². The lowest BCUT2D eigenvalue weighted by Gasteiger charge is -2.41. The SMILES string of the molecule is CCCCC/C=C/C/C=C/CCCCCCCC(=O)O[C@@H](COC(=O)CCCCCCCCCCCCCCCCCCCCCCCC)COP(=O)(O)OC1C(O)C(O)C(O)[C@H](O)C1O. The first kappa shape index (κ1) is 62.3. The predicted molar refractivity (Wildman–Crippen MR) is 263 cm³/mol. The summed E-state index contributed by atoms with van der Waals surface area (Å²) in [5.74, 6) is -1.10. The quantitative estimate of drug-likeness (QED) is 0.0145. The molecule has 6 N–H and O–H groups in total. The molecular formula is C52H97O13P. The van der Waals surface area contributed by atoms with Gasteiger partial charge in [0, 0.05) is 12.8 Å². The van der Waals surface area contributed by atoms with Crippen molar-refractivity contribution in [3.63, 3.8) is 0 Å². The number of hydrogen-bond acceptors (Lipinski definition) is 12. The molecule has 388 valence electrons. The Balaban J connectivity index is 2.35. The van der Waals surface area contributed by atoms with E-state index in [1.165, 1.54) is 135 Å². The molecule has 0 heterocycles. The minimum Gasteiger partial charge on any atom is -0.462 e. The Morgan fingerprint density at radius 2 is 0.818 bits per heavy atom. The van der Waals surface area contributed by atoms with Gasteiger partial charge in [-0.15, -0.1) is 0 Å². The summed E-state index contributed by atoms with van der Waals surface area (Å²) in [4.78, 5) is 35.8. The zero-order valence-electron chi connectivity index (χ0n) is 41.5. The molecule has 14 heteroatoms. The number of aliphatic hydroxyl groups is 5. The van der Waals surface area contributed by atoms with E-state index in [4.69, 9.17) is 18.5 Å². The number of esters is 2. The van der Waals surface area contributed by atoms with Gasteiger partial charge in [-0.3, -0.25) is 18.6 Å². The fourth-order valence-electron chi connectivity index (χ4n) is 8.26. The van der Waals surface area contributed by atoms with Crippen molar-refractivity contribution in [2.45, 2.75) is 281 Å². The molecule has 1 fully saturated rings. The highest BCUT2D eigenvalue weighted by Gasteiger charge is 2.51. The number of carbonyl (C=O) groups is 2. The molecule has 0 aliphatic heterocycles. The smallest absolute Gasteiger partial charge is 0.462 e. The summed E-state index contributed by atoms with van der Waals surface area (Å²) in [5.41, 5.74) is 0. The number of carbonyl (C=O) groups excluding carboxylic acids is 2. The molecule has 8 atom stereocenters. The molecule has 0 aromatic carbocycles. The molecule has 0 aromatic heterocycles. The van der Waals surface area contributed by atoms with Crippen LogP contribution in [0.15, 0.2) is 24.3 Å². The lowest BCUT2D eigenvalue weighted by Crippen LogP contribution is -2.64. The summed E-state index contributed by atoms with van der Waals surface area (Å²) >= 11 is 0. The van der Waals surface area contributed by atoms with Gasteiger partial charge in [-0.1, -0.05) is 205 Å². The molecule has 0 bridgehead atoms. The number of rotatable bonds is 45. The van der Waals surface area contributed by atoms with Crippen LogP contribution in [0.2, 0.25) is 0 Å². The van der Waals surface area contributed by atoms with Gasteiger partial charge >= 0.3 is 19.8 Å². The number of phosphoric ester groups is 1. The maximum atomic E-state index is 12.8. The van der Waals surface area contributed by atoms with Crippen LogP contribution in [0.25, 0.3) is 0 Å². The van der Waals surface area contributed by atoms with E-state index >= 15 is 0 Å². The van der Waals surface area contributed by atoms with Crippen molar-refractivity contribution in [1.82, 2.24) is 0 Å². The van der Waals surface area contributed by atoms with Gasteiger partial charge in [-0.05, 0) is 44.9 Å². The number of unbranched alkanes of at least 4 members (excludes halogenated alkanes) is 29. The molecule has 13 nitrogen and oxygen atoms in total. The zero-order chi connectivity index (χ0) is 48.5. The van der Waals surface area contributed by atoms with Crippen LogP contribution in [0.5, 0.6) is 0 Å². The van der Waals surface area contributed by atoms with E-state index in [0.717, 1.165) is 64.2 Å². The topological polar surface area (TPSA) is 210 Å². The molecule has 1 aliphatic rings. The second-order valence-electron chi connectivity index (χ2n) is 18.7. The molecule has 6 unspecified atom stereocenters. The first-order valence-electron chi connectivity index (χ1n) is 26.6. The van der Waals surface area contributed by atoms with Crippen molar-refractivity contribution >= 4 is 19.8 Å². The normalized spacial score (nSPS) is 21.4. The van der Waals surface area contributed by atoms with Crippen molar-refractivity contribution < 1.29 is 63.1 Å². The van der Waals surface area contributed by atoms with Gasteiger partial charge in [0.2, 0.25) is 0 Å². The maximum absolute atomic E-state index is 12.8. The van der Waals surface area contributed by atoms with Crippen LogP contribution in [0.1, 0.15) is 239 Å². The highest BCUT2D eigenvalue weighted by molar-refractivity contribution is 7.47. The number of hydrogen-bond donors (Lipinski definition) is 6. The maximum Gasteiger partial charge on any atom is 0.472 e. The average molecular weight is 961 g/mol. The lowest BCUT2D eigenvalue weighted by molar-refractivity contribution is -0.220. The van der Waals surface area contributed by atoms with Crippen LogP contribution >= 0.6 is 7.82 Å². The van der Waals surface area contributed by atoms with Crippen molar-refractivity contribution in [2.24, 2.45) is 0 Å². The second-order valence-corrected chi connectivity index (χ2v) is 20.1. The third-order valence-corrected chi connectivity index (χ3v) is 13.5. The van der Waals surface area contributed by atoms with Crippen LogP contribution < -0.4 is 0 Å². The third-order valence-electron chi connectivity index (χ3n) is 12.5. The van der Waals surface area contributed by atoms with Gasteiger partial charge in [0.1, 0.15) is 43.2 Å². The average Bonchev–Trinajstić information content (AvgIpc) is 3.30. The number of phosphoric acid groups is 1. The summed E-state index contributed by atoms with van der Waals surface area (Å²) < 4.78 is 33.6. The van der Waals surface area contributed by atoms with Crippen molar-refractivity contribution in [3.05, 3.63) is 24.3 Å². The zero-order valence-corrected chi connectivity index (χ0v) is 42.4. The predicted octanol–water partition coefficient (Wildman–Crippen LogP) is 11.6. The Kier molecular flexibility index (Phi) is 39.9. The monoisotopic (exact) mass is 961 g/mol. The fourth-order valence-corrected chi connectivity index (χ4v) is 9.23. The highest BCUT2D eigenvalue weighted by Crippen LogP contribution is 2.47. The van der Waals surface area contributed by atoms with Crippen LogP contribution in [-0.4, -0.2) is 98.3 Å². The molecule has 0 radical (unpaired) electrons. The first-order chi connectivity index (χ1) is 31.9. The Bertz CT molecular complexity index is 1250. The highest BCUT2D eigenvalue weighted by atomic mass is 31.2. The van der Waals surface area contributed by atoms with Crippen LogP contribution in [0.4, 0.5) is 0 Å². The van der Waals surface area contributed by atoms with E-state index in [9.17, 15) is 44.6 Å². The second kappa shape index (κ2) is 42.2. The van der Waals surface area contributed by atoms with Crippen molar-refractivity contribution in [1.29, 1.82) is 0 Å². The van der Waals surface area contributed by atoms with Gasteiger partial charge < -0.3 is 39.9 Å². The molecule has 0 aromatic rings. The van der Waals surface area contributed by atoms with Crippen molar-refractivity contribution in [2.75, 3.05) is 13.2 Å². The van der Waals surface area contributed by atoms with Gasteiger partial charge in [-0.2, -0.15) is 0 Å². The Morgan fingerprint density at radius 3 is 1.26 bits per heavy atom. The van der Waals surface area contributed by atoms with E-state index in [-0.39, 0.29) is 12.8 Å². The molecule has 1 rings (SSSR count). The van der Waals surface area contributed by atoms with Gasteiger partial charge in [0.15, 0.2) is 6.10 Å². The molecule has 0 spiro atoms. The third kappa shape index (κ3) is 33.8. The number of aliphatic hydroxyl groups excluding tert-OH is 5. The van der Waals surface area contributed by atoms with Crippen molar-refractivity contribution in [3.8, 4) is 0 Å². The Morgan fingerprint density at radius 1 is 0.470 bits per heavy atom. The van der Waals surface area contributed by atoms with E-state index in [2.05, 4.69) is 38.2 Å². The summed E-state index contributed by atoms with van der Waals surface area (Å²) in [6.07, 6.45) is 35.2. The molecule has 0 amide bonds. The summed E-state index contributed by atoms with van der Waals surface area (Å²) in [6, 6.07) is 0. The summed E-state index contributed by atoms with van der Waals surface area (Å²) in [7, 11) is -5.12. The van der Waals surface area contributed by atoms with Crippen LogP contribution in [0, 0.1) is 0 Å². The standard InChI is InChI=1S/C52H97O13P/c1-3-5-7-9-11-13-15-17-19-20-21-22-23-24-25-27-28-30-32-34-36-38-40-45(53)62-42-44(43-63-66(60,61)65-52-50(58)48(56)47(55)49(57)51(52)59)64-46(54)41-39-37-35-33-31-29-26-18-16-14-12-10-8-6-4-2/h12,14,18,26,44,47-52,55-59H,3-11,13,15-17,19-25,27-43H2,1-2H3,(H,60,61)/b14-12+,26-18+/t44-,47?,48-,49?,50?,51?,52?/m0/s1. The molecule has 1 saturated carbocycles. The Labute approximate surface area is 400 Å². The molecular weight excluding hydrogens is 864 g/mol. The van der Waals surface area contributed by atoms with E-state index < -0.39 is 75.7 Å². The van der Waals surface area contributed by atoms with Gasteiger partial charge in [0.25, 0.3) is 0 Å². The molecule has 0 saturated heterocycles. The summed E-state index contributed by atoms with van der Waals surface area (Å²) in [5, 5.41) is 50.3. The van der Waals surface area contributed by atoms with E-state index in [1.54, 1.807) is 0 Å². The van der Waals surface area contributed by atoms with Crippen LogP contribution in [-0.2, 0) is 32.7 Å². The fraction of sp³-hybridized carbons (Fsp3) is 0.885.